The molecule has 0 fully saturated rings. The van der Waals surface area contributed by atoms with E-state index in [2.05, 4.69) is 21.0 Å². The van der Waals surface area contributed by atoms with Gasteiger partial charge in [0.2, 0.25) is 0 Å². The normalized spacial score (nSPS) is 10.8. The third kappa shape index (κ3) is 4.53. The molecule has 0 atom stereocenters. The SMILES string of the molecule is Cc1ccc(-c2cc(C(=O)NNC(=O)COc3ccc(F)cc3)c3c(C)noc3n2)s1. The molecule has 10 heteroatoms. The molecule has 158 valence electrons. The van der Waals surface area contributed by atoms with E-state index >= 15 is 0 Å². The zero-order valence-electron chi connectivity index (χ0n) is 16.6. The number of aromatic nitrogens is 2. The lowest BCUT2D eigenvalue weighted by atomic mass is 10.1. The van der Waals surface area contributed by atoms with Gasteiger partial charge in [0, 0.05) is 4.88 Å². The van der Waals surface area contributed by atoms with Crippen LogP contribution in [-0.2, 0) is 4.79 Å². The van der Waals surface area contributed by atoms with Gasteiger partial charge in [0.05, 0.1) is 27.2 Å². The Morgan fingerprint density at radius 3 is 2.61 bits per heavy atom. The molecule has 4 aromatic rings. The molecule has 0 bridgehead atoms. The van der Waals surface area contributed by atoms with Crippen LogP contribution in [0.25, 0.3) is 21.7 Å². The molecule has 8 nitrogen and oxygen atoms in total. The summed E-state index contributed by atoms with van der Waals surface area (Å²) < 4.78 is 23.4. The van der Waals surface area contributed by atoms with Crippen LogP contribution in [0.15, 0.2) is 47.0 Å². The van der Waals surface area contributed by atoms with E-state index in [1.54, 1.807) is 13.0 Å². The number of fused-ring (bicyclic) bond motifs is 1. The third-order valence-electron chi connectivity index (χ3n) is 4.35. The smallest absolute Gasteiger partial charge is 0.276 e. The Balaban J connectivity index is 1.48. The summed E-state index contributed by atoms with van der Waals surface area (Å²) in [5, 5.41) is 4.36. The van der Waals surface area contributed by atoms with Gasteiger partial charge in [-0.05, 0) is 56.3 Å². The maximum Gasteiger partial charge on any atom is 0.276 e. The van der Waals surface area contributed by atoms with Gasteiger partial charge in [-0.2, -0.15) is 0 Å². The van der Waals surface area contributed by atoms with E-state index in [1.807, 2.05) is 19.1 Å². The highest BCUT2D eigenvalue weighted by Crippen LogP contribution is 2.30. The van der Waals surface area contributed by atoms with Crippen molar-refractivity contribution in [1.29, 1.82) is 0 Å². The summed E-state index contributed by atoms with van der Waals surface area (Å²) in [5.74, 6) is -1.22. The van der Waals surface area contributed by atoms with Crippen LogP contribution in [0.1, 0.15) is 20.9 Å². The van der Waals surface area contributed by atoms with Crippen molar-refractivity contribution < 1.29 is 23.2 Å². The van der Waals surface area contributed by atoms with E-state index in [0.29, 0.717) is 22.5 Å². The number of aryl methyl sites for hydroxylation is 2. The number of carbonyl (C=O) groups excluding carboxylic acids is 2. The van der Waals surface area contributed by atoms with E-state index in [0.717, 1.165) is 9.75 Å². The Kier molecular flexibility index (Phi) is 5.63. The van der Waals surface area contributed by atoms with Gasteiger partial charge < -0.3 is 9.26 Å². The Morgan fingerprint density at radius 2 is 1.90 bits per heavy atom. The minimum Gasteiger partial charge on any atom is -0.484 e. The fourth-order valence-corrected chi connectivity index (χ4v) is 3.71. The minimum atomic E-state index is -0.584. The van der Waals surface area contributed by atoms with Crippen molar-refractivity contribution in [1.82, 2.24) is 21.0 Å². The van der Waals surface area contributed by atoms with Crippen molar-refractivity contribution in [3.8, 4) is 16.3 Å². The van der Waals surface area contributed by atoms with Crippen LogP contribution in [0.5, 0.6) is 5.75 Å². The number of pyridine rings is 1. The van der Waals surface area contributed by atoms with E-state index in [1.165, 1.54) is 35.6 Å². The molecule has 3 heterocycles. The lowest BCUT2D eigenvalue weighted by Crippen LogP contribution is -2.43. The first-order chi connectivity index (χ1) is 14.9. The van der Waals surface area contributed by atoms with Gasteiger partial charge in [-0.3, -0.25) is 20.4 Å². The Morgan fingerprint density at radius 1 is 1.13 bits per heavy atom. The number of benzene rings is 1. The van der Waals surface area contributed by atoms with Crippen molar-refractivity contribution in [2.45, 2.75) is 13.8 Å². The van der Waals surface area contributed by atoms with Crippen LogP contribution in [0.4, 0.5) is 4.39 Å². The van der Waals surface area contributed by atoms with E-state index < -0.39 is 17.6 Å². The van der Waals surface area contributed by atoms with Crippen molar-refractivity contribution in [3.63, 3.8) is 0 Å². The molecular weight excluding hydrogens is 423 g/mol. The van der Waals surface area contributed by atoms with Gasteiger partial charge in [-0.1, -0.05) is 5.16 Å². The highest BCUT2D eigenvalue weighted by molar-refractivity contribution is 7.15. The molecule has 4 rings (SSSR count). The summed E-state index contributed by atoms with van der Waals surface area (Å²) >= 11 is 1.53. The number of thiophene rings is 1. The standard InChI is InChI=1S/C21H17FN4O4S/c1-11-3-8-17(31-11)16-9-15(19-12(2)26-30-21(19)23-16)20(28)25-24-18(27)10-29-14-6-4-13(22)5-7-14/h3-9H,10H2,1-2H3,(H,24,27)(H,25,28). The van der Waals surface area contributed by atoms with Crippen molar-refractivity contribution in [3.05, 3.63) is 64.4 Å². The van der Waals surface area contributed by atoms with Crippen LogP contribution >= 0.6 is 11.3 Å². The molecule has 0 unspecified atom stereocenters. The topological polar surface area (TPSA) is 106 Å². The fourth-order valence-electron chi connectivity index (χ4n) is 2.88. The number of nitrogens with zero attached hydrogens (tertiary/aromatic N) is 2. The third-order valence-corrected chi connectivity index (χ3v) is 5.38. The summed E-state index contributed by atoms with van der Waals surface area (Å²) in [6.07, 6.45) is 0. The molecule has 31 heavy (non-hydrogen) atoms. The number of halogens is 1. The molecule has 3 aromatic heterocycles. The monoisotopic (exact) mass is 440 g/mol. The van der Waals surface area contributed by atoms with E-state index in [4.69, 9.17) is 9.26 Å². The number of hydrazine groups is 1. The number of rotatable bonds is 5. The number of ether oxygens (including phenoxy) is 1. The lowest BCUT2D eigenvalue weighted by Gasteiger charge is -2.10. The zero-order chi connectivity index (χ0) is 22.0. The Hall–Kier alpha value is -3.79. The lowest BCUT2D eigenvalue weighted by molar-refractivity contribution is -0.123. The Labute approximate surface area is 180 Å². The molecule has 0 radical (unpaired) electrons. The molecule has 0 saturated carbocycles. The summed E-state index contributed by atoms with van der Waals surface area (Å²) in [4.78, 5) is 31.3. The number of carbonyl (C=O) groups is 2. The van der Waals surface area contributed by atoms with Crippen molar-refractivity contribution >= 4 is 34.3 Å². The summed E-state index contributed by atoms with van der Waals surface area (Å²) in [5.41, 5.74) is 6.24. The molecule has 0 aliphatic heterocycles. The van der Waals surface area contributed by atoms with Gasteiger partial charge in [0.15, 0.2) is 6.61 Å². The number of hydrogen-bond donors (Lipinski definition) is 2. The second-order valence-electron chi connectivity index (χ2n) is 6.66. The number of amides is 2. The predicted molar refractivity (Wildman–Crippen MR) is 112 cm³/mol. The van der Waals surface area contributed by atoms with Crippen LogP contribution < -0.4 is 15.6 Å². The second kappa shape index (κ2) is 8.52. The maximum atomic E-state index is 12.9. The fraction of sp³-hybridized carbons (Fsp3) is 0.143. The molecule has 2 amide bonds. The Bertz CT molecular complexity index is 1270. The van der Waals surface area contributed by atoms with Gasteiger partial charge >= 0.3 is 0 Å². The van der Waals surface area contributed by atoms with Crippen LogP contribution in [0.3, 0.4) is 0 Å². The first kappa shape index (κ1) is 20.5. The highest BCUT2D eigenvalue weighted by Gasteiger charge is 2.20. The molecule has 0 aliphatic rings. The summed E-state index contributed by atoms with van der Waals surface area (Å²) in [6.45, 7) is 3.32. The summed E-state index contributed by atoms with van der Waals surface area (Å²) in [6, 6.07) is 10.7. The van der Waals surface area contributed by atoms with Gasteiger partial charge in [-0.15, -0.1) is 11.3 Å². The van der Waals surface area contributed by atoms with Gasteiger partial charge in [-0.25, -0.2) is 9.37 Å². The minimum absolute atomic E-state index is 0.233. The molecule has 1 aromatic carbocycles. The molecule has 0 saturated heterocycles. The molecule has 0 spiro atoms. The first-order valence-corrected chi connectivity index (χ1v) is 10.0. The largest absolute Gasteiger partial charge is 0.484 e. The van der Waals surface area contributed by atoms with Crippen LogP contribution in [0, 0.1) is 19.7 Å². The van der Waals surface area contributed by atoms with Crippen LogP contribution in [-0.4, -0.2) is 28.6 Å². The second-order valence-corrected chi connectivity index (χ2v) is 7.95. The van der Waals surface area contributed by atoms with Crippen LogP contribution in [0.2, 0.25) is 0 Å². The van der Waals surface area contributed by atoms with E-state index in [-0.39, 0.29) is 17.9 Å². The van der Waals surface area contributed by atoms with Gasteiger partial charge in [0.25, 0.3) is 17.5 Å². The summed E-state index contributed by atoms with van der Waals surface area (Å²) in [7, 11) is 0. The average molecular weight is 440 g/mol. The quantitative estimate of drug-likeness (QED) is 0.460. The molecule has 2 N–H and O–H groups in total. The van der Waals surface area contributed by atoms with E-state index in [9.17, 15) is 14.0 Å². The van der Waals surface area contributed by atoms with Gasteiger partial charge in [0.1, 0.15) is 11.6 Å². The average Bonchev–Trinajstić information content (AvgIpc) is 3.36. The molecular formula is C21H17FN4O4S. The predicted octanol–water partition coefficient (Wildman–Crippen LogP) is 3.55. The number of hydrogen-bond acceptors (Lipinski definition) is 7. The van der Waals surface area contributed by atoms with Crippen molar-refractivity contribution in [2.24, 2.45) is 0 Å². The maximum absolute atomic E-state index is 12.9. The number of nitrogens with one attached hydrogen (secondary N) is 2. The molecule has 0 aliphatic carbocycles. The zero-order valence-corrected chi connectivity index (χ0v) is 17.4. The highest BCUT2D eigenvalue weighted by atomic mass is 32.1. The first-order valence-electron chi connectivity index (χ1n) is 9.22. The van der Waals surface area contributed by atoms with Crippen molar-refractivity contribution in [2.75, 3.05) is 6.61 Å².